The molecule has 1 amide bonds. The number of rotatable bonds is 3. The first kappa shape index (κ1) is 14.5. The maximum Gasteiger partial charge on any atom is 0.287 e. The maximum atomic E-state index is 11.7. The van der Waals surface area contributed by atoms with Gasteiger partial charge in [0.25, 0.3) is 5.91 Å². The molecule has 1 aliphatic rings. The summed E-state index contributed by atoms with van der Waals surface area (Å²) in [7, 11) is 0. The molecule has 17 heavy (non-hydrogen) atoms. The first-order valence-electron chi connectivity index (χ1n) is 5.50. The third-order valence-corrected chi connectivity index (χ3v) is 3.17. The molecule has 1 aliphatic heterocycles. The Morgan fingerprint density at radius 2 is 2.41 bits per heavy atom. The molecular weight excluding hydrogens is 307 g/mol. The van der Waals surface area contributed by atoms with Gasteiger partial charge >= 0.3 is 0 Å². The van der Waals surface area contributed by atoms with Crippen molar-refractivity contribution in [1.82, 2.24) is 10.6 Å². The number of piperidine rings is 1. The Labute approximate surface area is 115 Å². The van der Waals surface area contributed by atoms with Gasteiger partial charge in [0.15, 0.2) is 10.4 Å². The average molecular weight is 324 g/mol. The van der Waals surface area contributed by atoms with Gasteiger partial charge in [-0.3, -0.25) is 4.79 Å². The second kappa shape index (κ2) is 7.03. The van der Waals surface area contributed by atoms with Gasteiger partial charge in [-0.2, -0.15) is 0 Å². The number of nitrogens with one attached hydrogen (secondary N) is 2. The molecule has 2 N–H and O–H groups in total. The normalized spacial score (nSPS) is 19.5. The minimum atomic E-state index is -0.142. The van der Waals surface area contributed by atoms with Crippen molar-refractivity contribution in [2.75, 3.05) is 19.6 Å². The Hall–Kier alpha value is -0.520. The minimum absolute atomic E-state index is 0. The molecule has 2 heterocycles. The number of furan rings is 1. The van der Waals surface area contributed by atoms with Crippen LogP contribution in [0.4, 0.5) is 0 Å². The second-order valence-corrected chi connectivity index (χ2v) is 4.81. The quantitative estimate of drug-likeness (QED) is 0.896. The van der Waals surface area contributed by atoms with Crippen molar-refractivity contribution in [3.05, 3.63) is 22.6 Å². The zero-order valence-corrected chi connectivity index (χ0v) is 11.8. The topological polar surface area (TPSA) is 54.3 Å². The lowest BCUT2D eigenvalue weighted by Crippen LogP contribution is -2.38. The van der Waals surface area contributed by atoms with E-state index in [2.05, 4.69) is 26.6 Å². The highest BCUT2D eigenvalue weighted by Crippen LogP contribution is 2.14. The number of carbonyl (C=O) groups is 1. The summed E-state index contributed by atoms with van der Waals surface area (Å²) in [4.78, 5) is 11.7. The van der Waals surface area contributed by atoms with Crippen molar-refractivity contribution >= 4 is 34.2 Å². The monoisotopic (exact) mass is 322 g/mol. The number of hydrogen-bond donors (Lipinski definition) is 2. The Kier molecular flexibility index (Phi) is 6.02. The number of hydrogen-bond acceptors (Lipinski definition) is 3. The summed E-state index contributed by atoms with van der Waals surface area (Å²) in [5.41, 5.74) is 0. The summed E-state index contributed by atoms with van der Waals surface area (Å²) in [5, 5.41) is 6.21. The van der Waals surface area contributed by atoms with Crippen molar-refractivity contribution < 1.29 is 9.21 Å². The maximum absolute atomic E-state index is 11.7. The second-order valence-electron chi connectivity index (χ2n) is 4.03. The molecule has 1 saturated heterocycles. The van der Waals surface area contributed by atoms with E-state index in [9.17, 15) is 4.79 Å². The van der Waals surface area contributed by atoms with E-state index >= 15 is 0 Å². The van der Waals surface area contributed by atoms with Crippen LogP contribution in [0.25, 0.3) is 0 Å². The fourth-order valence-corrected chi connectivity index (χ4v) is 2.17. The molecule has 6 heteroatoms. The van der Waals surface area contributed by atoms with E-state index in [1.165, 1.54) is 12.8 Å². The lowest BCUT2D eigenvalue weighted by Gasteiger charge is -2.22. The van der Waals surface area contributed by atoms with Crippen LogP contribution in [0.1, 0.15) is 23.4 Å². The molecule has 1 aromatic heterocycles. The largest absolute Gasteiger partial charge is 0.444 e. The van der Waals surface area contributed by atoms with E-state index in [4.69, 9.17) is 4.42 Å². The SMILES string of the molecule is Cl.O=C(NCC1CCCNC1)c1ccc(Br)o1. The average Bonchev–Trinajstić information content (AvgIpc) is 2.74. The summed E-state index contributed by atoms with van der Waals surface area (Å²) in [6.07, 6.45) is 2.36. The zero-order valence-electron chi connectivity index (χ0n) is 9.37. The van der Waals surface area contributed by atoms with E-state index < -0.39 is 0 Å². The van der Waals surface area contributed by atoms with Crippen LogP contribution in [0.15, 0.2) is 21.2 Å². The summed E-state index contributed by atoms with van der Waals surface area (Å²) in [5.74, 6) is 0.753. The molecule has 0 saturated carbocycles. The van der Waals surface area contributed by atoms with E-state index in [1.54, 1.807) is 12.1 Å². The van der Waals surface area contributed by atoms with Gasteiger partial charge in [-0.25, -0.2) is 0 Å². The minimum Gasteiger partial charge on any atom is -0.444 e. The third-order valence-electron chi connectivity index (χ3n) is 2.75. The molecule has 0 spiro atoms. The van der Waals surface area contributed by atoms with Crippen LogP contribution < -0.4 is 10.6 Å². The van der Waals surface area contributed by atoms with Crippen LogP contribution in [0, 0.1) is 5.92 Å². The van der Waals surface area contributed by atoms with Gasteiger partial charge in [0.1, 0.15) is 0 Å². The molecule has 0 aromatic carbocycles. The van der Waals surface area contributed by atoms with Crippen LogP contribution in [0.5, 0.6) is 0 Å². The van der Waals surface area contributed by atoms with Gasteiger partial charge in [-0.05, 0) is 59.9 Å². The number of halogens is 2. The van der Waals surface area contributed by atoms with Crippen LogP contribution >= 0.6 is 28.3 Å². The molecule has 0 aliphatic carbocycles. The van der Waals surface area contributed by atoms with Crippen molar-refractivity contribution in [2.45, 2.75) is 12.8 Å². The third kappa shape index (κ3) is 4.33. The highest BCUT2D eigenvalue weighted by Gasteiger charge is 2.15. The lowest BCUT2D eigenvalue weighted by molar-refractivity contribution is 0.0916. The molecule has 1 aromatic rings. The molecule has 0 bridgehead atoms. The molecule has 2 rings (SSSR count). The molecule has 4 nitrogen and oxygen atoms in total. The van der Waals surface area contributed by atoms with Gasteiger partial charge in [0.2, 0.25) is 0 Å². The van der Waals surface area contributed by atoms with Crippen LogP contribution in [-0.2, 0) is 0 Å². The fraction of sp³-hybridized carbons (Fsp3) is 0.545. The Bertz CT molecular complexity index is 364. The first-order chi connectivity index (χ1) is 7.75. The summed E-state index contributed by atoms with van der Waals surface area (Å²) in [6.45, 7) is 2.79. The molecular formula is C11H16BrClN2O2. The zero-order chi connectivity index (χ0) is 11.4. The van der Waals surface area contributed by atoms with E-state index in [1.807, 2.05) is 0 Å². The predicted octanol–water partition coefficient (Wildman–Crippen LogP) is 2.19. The van der Waals surface area contributed by atoms with E-state index in [0.29, 0.717) is 22.9 Å². The summed E-state index contributed by atoms with van der Waals surface area (Å²) < 4.78 is 5.75. The highest BCUT2D eigenvalue weighted by molar-refractivity contribution is 9.10. The van der Waals surface area contributed by atoms with Gasteiger partial charge in [0, 0.05) is 6.54 Å². The Morgan fingerprint density at radius 1 is 1.59 bits per heavy atom. The van der Waals surface area contributed by atoms with Crippen LogP contribution in [0.3, 0.4) is 0 Å². The standard InChI is InChI=1S/C11H15BrN2O2.ClH/c12-10-4-3-9(16-10)11(15)14-7-8-2-1-5-13-6-8;/h3-4,8,13H,1-2,5-7H2,(H,14,15);1H. The van der Waals surface area contributed by atoms with Crippen molar-refractivity contribution in [2.24, 2.45) is 5.92 Å². The first-order valence-corrected chi connectivity index (χ1v) is 6.29. The molecule has 1 atom stereocenters. The molecule has 1 fully saturated rings. The van der Waals surface area contributed by atoms with Crippen LogP contribution in [0.2, 0.25) is 0 Å². The van der Waals surface area contributed by atoms with Crippen molar-refractivity contribution in [1.29, 1.82) is 0 Å². The highest BCUT2D eigenvalue weighted by atomic mass is 79.9. The summed E-state index contributed by atoms with van der Waals surface area (Å²) in [6, 6.07) is 3.38. The van der Waals surface area contributed by atoms with E-state index in [-0.39, 0.29) is 18.3 Å². The van der Waals surface area contributed by atoms with Gasteiger partial charge in [-0.1, -0.05) is 0 Å². The predicted molar refractivity (Wildman–Crippen MR) is 71.6 cm³/mol. The van der Waals surface area contributed by atoms with Crippen molar-refractivity contribution in [3.63, 3.8) is 0 Å². The van der Waals surface area contributed by atoms with Crippen LogP contribution in [-0.4, -0.2) is 25.5 Å². The summed E-state index contributed by atoms with van der Waals surface area (Å²) >= 11 is 3.17. The lowest BCUT2D eigenvalue weighted by atomic mass is 10.00. The van der Waals surface area contributed by atoms with Gasteiger partial charge in [-0.15, -0.1) is 12.4 Å². The fourth-order valence-electron chi connectivity index (χ4n) is 1.86. The van der Waals surface area contributed by atoms with Gasteiger partial charge in [0.05, 0.1) is 0 Å². The van der Waals surface area contributed by atoms with E-state index in [0.717, 1.165) is 13.1 Å². The number of amides is 1. The van der Waals surface area contributed by atoms with Gasteiger partial charge < -0.3 is 15.1 Å². The number of carbonyl (C=O) groups excluding carboxylic acids is 1. The van der Waals surface area contributed by atoms with Crippen molar-refractivity contribution in [3.8, 4) is 0 Å². The molecule has 96 valence electrons. The Balaban J connectivity index is 0.00000144. The molecule has 0 radical (unpaired) electrons. The Morgan fingerprint density at radius 3 is 3.00 bits per heavy atom. The smallest absolute Gasteiger partial charge is 0.287 e. The molecule has 1 unspecified atom stereocenters.